The fourth-order valence-corrected chi connectivity index (χ4v) is 1.73. The Morgan fingerprint density at radius 1 is 1.45 bits per heavy atom. The molecule has 6 heteroatoms. The molecule has 0 bridgehead atoms. The molecule has 2 aromatic rings. The van der Waals surface area contributed by atoms with Gasteiger partial charge >= 0.3 is 0 Å². The van der Waals surface area contributed by atoms with E-state index in [1.54, 1.807) is 29.1 Å². The normalized spacial score (nSPS) is 12.3. The summed E-state index contributed by atoms with van der Waals surface area (Å²) in [5, 5.41) is 16.8. The quantitative estimate of drug-likeness (QED) is 0.807. The number of aromatic nitrogens is 2. The molecule has 1 atom stereocenters. The van der Waals surface area contributed by atoms with E-state index < -0.39 is 6.10 Å². The third kappa shape index (κ3) is 4.32. The largest absolute Gasteiger partial charge is 0.389 e. The van der Waals surface area contributed by atoms with Crippen LogP contribution in [0.1, 0.15) is 5.56 Å². The predicted octanol–water partition coefficient (Wildman–Crippen LogP) is 1.55. The molecule has 2 rings (SSSR count). The standard InChI is InChI=1S/C14H18FN3O2/c1-18-8-12(6-17-18)16-7-13(19)10-20-9-11-4-2-3-5-14(11)15/h2-6,8,13,16,19H,7,9-10H2,1H3. The van der Waals surface area contributed by atoms with Crippen molar-refractivity contribution in [3.8, 4) is 0 Å². The van der Waals surface area contributed by atoms with Crippen molar-refractivity contribution in [1.82, 2.24) is 9.78 Å². The molecule has 1 heterocycles. The number of hydrogen-bond acceptors (Lipinski definition) is 4. The molecule has 1 unspecified atom stereocenters. The number of halogens is 1. The van der Waals surface area contributed by atoms with Gasteiger partial charge in [0.15, 0.2) is 0 Å². The molecule has 0 fully saturated rings. The van der Waals surface area contributed by atoms with Crippen molar-refractivity contribution in [3.63, 3.8) is 0 Å². The monoisotopic (exact) mass is 279 g/mol. The number of aliphatic hydroxyl groups is 1. The van der Waals surface area contributed by atoms with Gasteiger partial charge in [0.05, 0.1) is 31.2 Å². The van der Waals surface area contributed by atoms with Gasteiger partial charge in [-0.25, -0.2) is 4.39 Å². The first-order valence-electron chi connectivity index (χ1n) is 6.37. The maximum Gasteiger partial charge on any atom is 0.128 e. The minimum Gasteiger partial charge on any atom is -0.389 e. The lowest BCUT2D eigenvalue weighted by atomic mass is 10.2. The Hall–Kier alpha value is -1.92. The van der Waals surface area contributed by atoms with E-state index in [1.807, 2.05) is 13.2 Å². The summed E-state index contributed by atoms with van der Waals surface area (Å²) in [5.41, 5.74) is 1.32. The Bertz CT molecular complexity index is 545. The van der Waals surface area contributed by atoms with Gasteiger partial charge in [-0.2, -0.15) is 5.10 Å². The molecule has 20 heavy (non-hydrogen) atoms. The number of aliphatic hydroxyl groups excluding tert-OH is 1. The summed E-state index contributed by atoms with van der Waals surface area (Å²) in [5.74, 6) is -0.296. The highest BCUT2D eigenvalue weighted by Gasteiger charge is 2.06. The Morgan fingerprint density at radius 2 is 2.25 bits per heavy atom. The molecule has 108 valence electrons. The van der Waals surface area contributed by atoms with Crippen LogP contribution in [0.3, 0.4) is 0 Å². The molecular formula is C14H18FN3O2. The van der Waals surface area contributed by atoms with Crippen LogP contribution >= 0.6 is 0 Å². The highest BCUT2D eigenvalue weighted by atomic mass is 19.1. The summed E-state index contributed by atoms with van der Waals surface area (Å²) in [6.07, 6.45) is 2.82. The number of aryl methyl sites for hydroxylation is 1. The fraction of sp³-hybridized carbons (Fsp3) is 0.357. The van der Waals surface area contributed by atoms with Crippen LogP contribution in [0.2, 0.25) is 0 Å². The van der Waals surface area contributed by atoms with E-state index in [1.165, 1.54) is 6.07 Å². The van der Waals surface area contributed by atoms with Crippen molar-refractivity contribution in [3.05, 3.63) is 48.0 Å². The van der Waals surface area contributed by atoms with Crippen molar-refractivity contribution >= 4 is 5.69 Å². The van der Waals surface area contributed by atoms with Crippen molar-refractivity contribution in [2.45, 2.75) is 12.7 Å². The average molecular weight is 279 g/mol. The highest BCUT2D eigenvalue weighted by molar-refractivity contribution is 5.37. The topological polar surface area (TPSA) is 59.3 Å². The first-order valence-corrected chi connectivity index (χ1v) is 6.37. The van der Waals surface area contributed by atoms with Gasteiger partial charge in [0.25, 0.3) is 0 Å². The molecule has 0 aliphatic rings. The zero-order chi connectivity index (χ0) is 14.4. The Kier molecular flexibility index (Phi) is 5.09. The molecule has 0 aliphatic carbocycles. The molecule has 0 saturated carbocycles. The van der Waals surface area contributed by atoms with Gasteiger partial charge in [0.1, 0.15) is 5.82 Å². The van der Waals surface area contributed by atoms with Crippen molar-refractivity contribution in [2.75, 3.05) is 18.5 Å². The molecule has 1 aromatic heterocycles. The van der Waals surface area contributed by atoms with Crippen LogP contribution in [0, 0.1) is 5.82 Å². The summed E-state index contributed by atoms with van der Waals surface area (Å²) in [7, 11) is 1.82. The number of anilines is 1. The van der Waals surface area contributed by atoms with Gasteiger partial charge in [-0.1, -0.05) is 18.2 Å². The smallest absolute Gasteiger partial charge is 0.128 e. The second-order valence-electron chi connectivity index (χ2n) is 4.54. The second kappa shape index (κ2) is 7.02. The number of nitrogens with zero attached hydrogens (tertiary/aromatic N) is 2. The van der Waals surface area contributed by atoms with Crippen molar-refractivity contribution < 1.29 is 14.2 Å². The number of hydrogen-bond donors (Lipinski definition) is 2. The molecule has 1 aromatic carbocycles. The lowest BCUT2D eigenvalue weighted by Gasteiger charge is -2.12. The van der Waals surface area contributed by atoms with Crippen LogP contribution in [0.15, 0.2) is 36.7 Å². The van der Waals surface area contributed by atoms with E-state index in [2.05, 4.69) is 10.4 Å². The van der Waals surface area contributed by atoms with Crippen LogP contribution in [-0.2, 0) is 18.4 Å². The molecule has 2 N–H and O–H groups in total. The van der Waals surface area contributed by atoms with E-state index in [4.69, 9.17) is 4.74 Å². The maximum absolute atomic E-state index is 13.3. The maximum atomic E-state index is 13.3. The van der Waals surface area contributed by atoms with E-state index in [9.17, 15) is 9.50 Å². The number of ether oxygens (including phenoxy) is 1. The molecule has 0 aliphatic heterocycles. The summed E-state index contributed by atoms with van der Waals surface area (Å²) in [6.45, 7) is 0.640. The Labute approximate surface area is 117 Å². The van der Waals surface area contributed by atoms with E-state index in [-0.39, 0.29) is 19.0 Å². The van der Waals surface area contributed by atoms with Crippen molar-refractivity contribution in [1.29, 1.82) is 0 Å². The van der Waals surface area contributed by atoms with Gasteiger partial charge in [-0.05, 0) is 6.07 Å². The minimum absolute atomic E-state index is 0.140. The fourth-order valence-electron chi connectivity index (χ4n) is 1.73. The summed E-state index contributed by atoms with van der Waals surface area (Å²) in [4.78, 5) is 0. The molecule has 0 saturated heterocycles. The van der Waals surface area contributed by atoms with Crippen LogP contribution in [0.5, 0.6) is 0 Å². The van der Waals surface area contributed by atoms with E-state index in [0.29, 0.717) is 12.1 Å². The SMILES string of the molecule is Cn1cc(NCC(O)COCc2ccccc2F)cn1. The lowest BCUT2D eigenvalue weighted by Crippen LogP contribution is -2.24. The van der Waals surface area contributed by atoms with Gasteiger partial charge < -0.3 is 15.2 Å². The first kappa shape index (κ1) is 14.5. The number of nitrogens with one attached hydrogen (secondary N) is 1. The zero-order valence-corrected chi connectivity index (χ0v) is 11.3. The molecular weight excluding hydrogens is 261 g/mol. The van der Waals surface area contributed by atoms with E-state index >= 15 is 0 Å². The molecule has 0 spiro atoms. The van der Waals surface area contributed by atoms with Gasteiger partial charge in [0.2, 0.25) is 0 Å². The van der Waals surface area contributed by atoms with Crippen LogP contribution < -0.4 is 5.32 Å². The number of rotatable bonds is 7. The Morgan fingerprint density at radius 3 is 2.95 bits per heavy atom. The third-order valence-electron chi connectivity index (χ3n) is 2.77. The number of benzene rings is 1. The summed E-state index contributed by atoms with van der Waals surface area (Å²) >= 11 is 0. The van der Waals surface area contributed by atoms with Crippen LogP contribution in [-0.4, -0.2) is 34.1 Å². The zero-order valence-electron chi connectivity index (χ0n) is 11.3. The van der Waals surface area contributed by atoms with Crippen LogP contribution in [0.25, 0.3) is 0 Å². The summed E-state index contributed by atoms with van der Waals surface area (Å²) < 4.78 is 20.3. The first-order chi connectivity index (χ1) is 9.65. The lowest BCUT2D eigenvalue weighted by molar-refractivity contribution is 0.0338. The molecule has 5 nitrogen and oxygen atoms in total. The third-order valence-corrected chi connectivity index (χ3v) is 2.77. The van der Waals surface area contributed by atoms with Gasteiger partial charge in [0, 0.05) is 25.4 Å². The highest BCUT2D eigenvalue weighted by Crippen LogP contribution is 2.08. The molecule has 0 amide bonds. The van der Waals surface area contributed by atoms with Crippen molar-refractivity contribution in [2.24, 2.45) is 7.05 Å². The summed E-state index contributed by atoms with van der Waals surface area (Å²) in [6, 6.07) is 6.43. The van der Waals surface area contributed by atoms with Gasteiger partial charge in [-0.3, -0.25) is 4.68 Å². The van der Waals surface area contributed by atoms with Crippen LogP contribution in [0.4, 0.5) is 10.1 Å². The van der Waals surface area contributed by atoms with E-state index in [0.717, 1.165) is 5.69 Å². The van der Waals surface area contributed by atoms with Gasteiger partial charge in [-0.15, -0.1) is 0 Å². The predicted molar refractivity (Wildman–Crippen MR) is 73.8 cm³/mol. The Balaban J connectivity index is 1.67. The molecule has 0 radical (unpaired) electrons. The average Bonchev–Trinajstić information content (AvgIpc) is 2.84. The minimum atomic E-state index is -0.665. The second-order valence-corrected chi connectivity index (χ2v) is 4.54.